The molecule has 0 aliphatic carbocycles. The van der Waals surface area contributed by atoms with E-state index in [4.69, 9.17) is 9.72 Å². The normalized spacial score (nSPS) is 19.2. The average molecular weight is 503 g/mol. The third kappa shape index (κ3) is 5.58. The van der Waals surface area contributed by atoms with Crippen LogP contribution in [0.5, 0.6) is 0 Å². The van der Waals surface area contributed by atoms with Crippen LogP contribution < -0.4 is 19.8 Å². The van der Waals surface area contributed by atoms with E-state index in [1.54, 1.807) is 42.3 Å². The Hall–Kier alpha value is -2.73. The van der Waals surface area contributed by atoms with Gasteiger partial charge < -0.3 is 24.8 Å². The third-order valence-corrected chi connectivity index (χ3v) is 7.88. The highest BCUT2D eigenvalue weighted by Crippen LogP contribution is 2.38. The Morgan fingerprint density at radius 1 is 1.17 bits per heavy atom. The number of carbonyl (C=O) groups is 1. The quantitative estimate of drug-likeness (QED) is 0.565. The van der Waals surface area contributed by atoms with Gasteiger partial charge in [-0.3, -0.25) is 4.79 Å². The van der Waals surface area contributed by atoms with Crippen molar-refractivity contribution in [2.45, 2.75) is 36.7 Å². The summed E-state index contributed by atoms with van der Waals surface area (Å²) in [5.74, 6) is 1.35. The number of likely N-dealkylation sites (N-methyl/N-ethyl adjacent to an activating group) is 2. The van der Waals surface area contributed by atoms with Gasteiger partial charge in [-0.15, -0.1) is 0 Å². The summed E-state index contributed by atoms with van der Waals surface area (Å²) in [6, 6.07) is 10.2. The van der Waals surface area contributed by atoms with Crippen molar-refractivity contribution in [1.82, 2.24) is 14.6 Å². The topological polar surface area (TPSA) is 107 Å². The van der Waals surface area contributed by atoms with Gasteiger partial charge in [0.15, 0.2) is 5.82 Å². The highest BCUT2D eigenvalue weighted by molar-refractivity contribution is 7.89. The number of sulfonamides is 1. The van der Waals surface area contributed by atoms with E-state index in [-0.39, 0.29) is 22.9 Å². The molecule has 2 aliphatic rings. The van der Waals surface area contributed by atoms with E-state index < -0.39 is 10.0 Å². The Morgan fingerprint density at radius 2 is 1.91 bits per heavy atom. The number of hydrogen-bond donors (Lipinski definition) is 2. The highest BCUT2D eigenvalue weighted by atomic mass is 32.2. The van der Waals surface area contributed by atoms with E-state index in [1.165, 1.54) is 0 Å². The molecule has 11 heteroatoms. The van der Waals surface area contributed by atoms with Gasteiger partial charge in [-0.05, 0) is 64.2 Å². The SMILES string of the molecule is C[C@@H]1C(=O)N(C)c2ccc(Nc3cccc(S(=O)(=O)NCCN(C)C)c3)nc2N1C1CCOCC1. The largest absolute Gasteiger partial charge is 0.381 e. The zero-order chi connectivity index (χ0) is 25.2. The molecule has 2 aliphatic heterocycles. The molecule has 10 nitrogen and oxygen atoms in total. The van der Waals surface area contributed by atoms with Crippen LogP contribution in [-0.4, -0.2) is 83.7 Å². The number of benzene rings is 1. The van der Waals surface area contributed by atoms with E-state index in [2.05, 4.69) is 14.9 Å². The molecule has 3 heterocycles. The van der Waals surface area contributed by atoms with E-state index in [9.17, 15) is 13.2 Å². The molecule has 1 fully saturated rings. The third-order valence-electron chi connectivity index (χ3n) is 6.42. The smallest absolute Gasteiger partial charge is 0.249 e. The fraction of sp³-hybridized carbons (Fsp3) is 0.500. The first-order chi connectivity index (χ1) is 16.7. The second kappa shape index (κ2) is 10.5. The second-order valence-corrected chi connectivity index (χ2v) is 11.0. The van der Waals surface area contributed by atoms with Crippen LogP contribution in [-0.2, 0) is 19.6 Å². The number of hydrogen-bond acceptors (Lipinski definition) is 8. The lowest BCUT2D eigenvalue weighted by molar-refractivity contribution is -0.119. The first kappa shape index (κ1) is 25.4. The molecule has 1 amide bonds. The summed E-state index contributed by atoms with van der Waals surface area (Å²) in [6.07, 6.45) is 1.67. The number of anilines is 4. The molecule has 4 rings (SSSR count). The summed E-state index contributed by atoms with van der Waals surface area (Å²) < 4.78 is 33.6. The molecule has 190 valence electrons. The van der Waals surface area contributed by atoms with Crippen LogP contribution in [0, 0.1) is 0 Å². The van der Waals surface area contributed by atoms with Crippen LogP contribution in [0.2, 0.25) is 0 Å². The van der Waals surface area contributed by atoms with Crippen molar-refractivity contribution in [2.75, 3.05) is 62.6 Å². The lowest BCUT2D eigenvalue weighted by Gasteiger charge is -2.44. The molecular formula is C24H34N6O4S. The lowest BCUT2D eigenvalue weighted by atomic mass is 10.0. The monoisotopic (exact) mass is 502 g/mol. The minimum atomic E-state index is -3.63. The highest BCUT2D eigenvalue weighted by Gasteiger charge is 2.39. The summed E-state index contributed by atoms with van der Waals surface area (Å²) >= 11 is 0. The molecule has 2 aromatic rings. The van der Waals surface area contributed by atoms with Gasteiger partial charge in [0.05, 0.1) is 10.6 Å². The lowest BCUT2D eigenvalue weighted by Crippen LogP contribution is -2.56. The molecule has 0 radical (unpaired) electrons. The number of fused-ring (bicyclic) bond motifs is 1. The number of aromatic nitrogens is 1. The van der Waals surface area contributed by atoms with Gasteiger partial charge in [0.2, 0.25) is 15.9 Å². The average Bonchev–Trinajstić information content (AvgIpc) is 2.83. The number of ether oxygens (including phenoxy) is 1. The minimum absolute atomic E-state index is 0.0335. The van der Waals surface area contributed by atoms with E-state index in [0.29, 0.717) is 37.8 Å². The number of nitrogens with zero attached hydrogens (tertiary/aromatic N) is 4. The maximum atomic E-state index is 12.9. The van der Waals surface area contributed by atoms with Crippen molar-refractivity contribution < 1.29 is 17.9 Å². The van der Waals surface area contributed by atoms with Crippen molar-refractivity contribution >= 4 is 38.9 Å². The summed E-state index contributed by atoms with van der Waals surface area (Å²) in [6.45, 7) is 4.17. The molecule has 1 atom stereocenters. The van der Waals surface area contributed by atoms with Crippen molar-refractivity contribution in [1.29, 1.82) is 0 Å². The van der Waals surface area contributed by atoms with Crippen LogP contribution in [0.4, 0.5) is 23.0 Å². The fourth-order valence-corrected chi connectivity index (χ4v) is 5.56. The maximum absolute atomic E-state index is 12.9. The molecular weight excluding hydrogens is 468 g/mol. The summed E-state index contributed by atoms with van der Waals surface area (Å²) in [5, 5.41) is 3.24. The first-order valence-electron chi connectivity index (χ1n) is 11.8. The number of nitrogens with one attached hydrogen (secondary N) is 2. The van der Waals surface area contributed by atoms with Gasteiger partial charge in [-0.25, -0.2) is 18.1 Å². The molecule has 1 saturated heterocycles. The molecule has 0 bridgehead atoms. The van der Waals surface area contributed by atoms with Crippen molar-refractivity contribution in [3.8, 4) is 0 Å². The predicted molar refractivity (Wildman–Crippen MR) is 137 cm³/mol. The molecule has 0 saturated carbocycles. The van der Waals surface area contributed by atoms with Gasteiger partial charge in [-0.1, -0.05) is 6.07 Å². The van der Waals surface area contributed by atoms with E-state index >= 15 is 0 Å². The van der Waals surface area contributed by atoms with Gasteiger partial charge in [0, 0.05) is 45.1 Å². The summed E-state index contributed by atoms with van der Waals surface area (Å²) in [5.41, 5.74) is 1.37. The molecule has 0 unspecified atom stereocenters. The van der Waals surface area contributed by atoms with Crippen LogP contribution in [0.25, 0.3) is 0 Å². The van der Waals surface area contributed by atoms with Gasteiger partial charge in [-0.2, -0.15) is 0 Å². The van der Waals surface area contributed by atoms with Gasteiger partial charge in [0.25, 0.3) is 0 Å². The van der Waals surface area contributed by atoms with Gasteiger partial charge in [0.1, 0.15) is 11.9 Å². The number of pyridine rings is 1. The summed E-state index contributed by atoms with van der Waals surface area (Å²) in [7, 11) is 1.92. The minimum Gasteiger partial charge on any atom is -0.381 e. The Labute approximate surface area is 207 Å². The van der Waals surface area contributed by atoms with Crippen LogP contribution in [0.15, 0.2) is 41.3 Å². The first-order valence-corrected chi connectivity index (χ1v) is 13.3. The standard InChI is InChI=1S/C24H34N6O4S/c1-17-24(31)29(4)21-8-9-22(27-23(21)30(17)19-10-14-34-15-11-19)26-18-6-5-7-20(16-18)35(32,33)25-12-13-28(2)3/h5-9,16-17,19,25H,10-15H2,1-4H3,(H,26,27)/t17-/m1/s1. The molecule has 2 N–H and O–H groups in total. The molecule has 1 aromatic heterocycles. The van der Waals surface area contributed by atoms with Crippen molar-refractivity contribution in [3.05, 3.63) is 36.4 Å². The van der Waals surface area contributed by atoms with Crippen LogP contribution in [0.1, 0.15) is 19.8 Å². The van der Waals surface area contributed by atoms with Crippen LogP contribution >= 0.6 is 0 Å². The van der Waals surface area contributed by atoms with Gasteiger partial charge >= 0.3 is 0 Å². The Morgan fingerprint density at radius 3 is 2.63 bits per heavy atom. The zero-order valence-corrected chi connectivity index (χ0v) is 21.5. The van der Waals surface area contributed by atoms with E-state index in [1.807, 2.05) is 32.0 Å². The number of carbonyl (C=O) groups excluding carboxylic acids is 1. The Balaban J connectivity index is 1.59. The Kier molecular flexibility index (Phi) is 7.60. The molecule has 0 spiro atoms. The molecule has 1 aromatic carbocycles. The molecule has 35 heavy (non-hydrogen) atoms. The summed E-state index contributed by atoms with van der Waals surface area (Å²) in [4.78, 5) is 23.6. The van der Waals surface area contributed by atoms with Crippen LogP contribution in [0.3, 0.4) is 0 Å². The fourth-order valence-electron chi connectivity index (χ4n) is 4.49. The van der Waals surface area contributed by atoms with Crippen molar-refractivity contribution in [2.24, 2.45) is 0 Å². The van der Waals surface area contributed by atoms with E-state index in [0.717, 1.165) is 24.3 Å². The Bertz CT molecular complexity index is 1170. The number of rotatable bonds is 8. The predicted octanol–water partition coefficient (Wildman–Crippen LogP) is 2.02. The second-order valence-electron chi connectivity index (χ2n) is 9.22. The van der Waals surface area contributed by atoms with Crippen molar-refractivity contribution in [3.63, 3.8) is 0 Å². The number of amides is 1. The maximum Gasteiger partial charge on any atom is 0.249 e. The zero-order valence-electron chi connectivity index (χ0n) is 20.7.